The fourth-order valence-electron chi connectivity index (χ4n) is 2.91. The highest BCUT2D eigenvalue weighted by molar-refractivity contribution is 9.10. The number of carbonyl (C=O) groups is 2. The second kappa shape index (κ2) is 9.36. The van der Waals surface area contributed by atoms with Crippen molar-refractivity contribution in [2.75, 3.05) is 24.5 Å². The first kappa shape index (κ1) is 24.2. The molecule has 10 heteroatoms. The van der Waals surface area contributed by atoms with E-state index in [1.165, 1.54) is 11.0 Å². The Hall–Kier alpha value is -2.10. The van der Waals surface area contributed by atoms with Gasteiger partial charge in [-0.15, -0.1) is 0 Å². The van der Waals surface area contributed by atoms with Crippen molar-refractivity contribution >= 4 is 33.6 Å². The molecule has 1 heterocycles. The SMILES string of the molecule is CC(C)(C)OC(=O)N1CCCC(=CCN(C(=O)C(F)(F)F)c2ccc(F)cc2Br)C1. The average molecular weight is 495 g/mol. The number of alkyl halides is 3. The van der Waals surface area contributed by atoms with Crippen molar-refractivity contribution in [1.82, 2.24) is 4.90 Å². The van der Waals surface area contributed by atoms with Crippen molar-refractivity contribution in [3.05, 3.63) is 40.1 Å². The summed E-state index contributed by atoms with van der Waals surface area (Å²) in [6, 6.07) is 3.08. The minimum atomic E-state index is -5.10. The fraction of sp³-hybridized carbons (Fsp3) is 0.500. The molecule has 0 bridgehead atoms. The zero-order valence-electron chi connectivity index (χ0n) is 16.9. The summed E-state index contributed by atoms with van der Waals surface area (Å²) in [5.41, 5.74) is -0.0517. The molecule has 1 aliphatic rings. The van der Waals surface area contributed by atoms with Gasteiger partial charge in [-0.1, -0.05) is 11.6 Å². The van der Waals surface area contributed by atoms with Gasteiger partial charge in [-0.05, 0) is 67.7 Å². The molecule has 2 amide bonds. The number of amides is 2. The average Bonchev–Trinajstić information content (AvgIpc) is 2.61. The molecule has 0 atom stereocenters. The molecule has 1 saturated heterocycles. The quantitative estimate of drug-likeness (QED) is 0.415. The van der Waals surface area contributed by atoms with Gasteiger partial charge in [0.25, 0.3) is 0 Å². The molecule has 0 saturated carbocycles. The van der Waals surface area contributed by atoms with Crippen molar-refractivity contribution in [1.29, 1.82) is 0 Å². The van der Waals surface area contributed by atoms with Gasteiger partial charge in [0.1, 0.15) is 11.4 Å². The summed E-state index contributed by atoms with van der Waals surface area (Å²) in [6.07, 6.45) is -2.90. The van der Waals surface area contributed by atoms with Crippen LogP contribution in [0.1, 0.15) is 33.6 Å². The van der Waals surface area contributed by atoms with E-state index in [-0.39, 0.29) is 23.2 Å². The first-order valence-corrected chi connectivity index (χ1v) is 10.1. The number of carbonyl (C=O) groups excluding carboxylic acids is 2. The van der Waals surface area contributed by atoms with Crippen LogP contribution in [0.15, 0.2) is 34.3 Å². The van der Waals surface area contributed by atoms with Crippen LogP contribution in [-0.4, -0.2) is 48.3 Å². The molecule has 166 valence electrons. The van der Waals surface area contributed by atoms with Crippen LogP contribution in [-0.2, 0) is 9.53 Å². The Morgan fingerprint density at radius 3 is 2.50 bits per heavy atom. The van der Waals surface area contributed by atoms with Crippen LogP contribution in [0.4, 0.5) is 28.0 Å². The van der Waals surface area contributed by atoms with Crippen LogP contribution in [0.2, 0.25) is 0 Å². The van der Waals surface area contributed by atoms with Crippen LogP contribution >= 0.6 is 15.9 Å². The molecular weight excluding hydrogens is 472 g/mol. The maximum atomic E-state index is 13.3. The predicted molar refractivity (Wildman–Crippen MR) is 108 cm³/mol. The van der Waals surface area contributed by atoms with Crippen molar-refractivity contribution in [3.63, 3.8) is 0 Å². The number of likely N-dealkylation sites (tertiary alicyclic amines) is 1. The smallest absolute Gasteiger partial charge is 0.444 e. The highest BCUT2D eigenvalue weighted by Crippen LogP contribution is 2.31. The van der Waals surface area contributed by atoms with E-state index in [1.807, 2.05) is 0 Å². The Bertz CT molecular complexity index is 834. The molecule has 0 aromatic heterocycles. The van der Waals surface area contributed by atoms with E-state index < -0.39 is 29.6 Å². The van der Waals surface area contributed by atoms with Gasteiger partial charge in [-0.25, -0.2) is 9.18 Å². The Morgan fingerprint density at radius 1 is 1.27 bits per heavy atom. The molecule has 2 rings (SSSR count). The third-order valence-corrected chi connectivity index (χ3v) is 4.86. The van der Waals surface area contributed by atoms with Crippen LogP contribution in [0, 0.1) is 5.82 Å². The minimum Gasteiger partial charge on any atom is -0.444 e. The van der Waals surface area contributed by atoms with E-state index >= 15 is 0 Å². The summed E-state index contributed by atoms with van der Waals surface area (Å²) in [7, 11) is 0. The fourth-order valence-corrected chi connectivity index (χ4v) is 3.48. The third-order valence-electron chi connectivity index (χ3n) is 4.22. The molecule has 1 aromatic carbocycles. The lowest BCUT2D eigenvalue weighted by molar-refractivity contribution is -0.170. The van der Waals surface area contributed by atoms with Crippen molar-refractivity contribution in [2.45, 2.75) is 45.4 Å². The number of benzene rings is 1. The van der Waals surface area contributed by atoms with Crippen LogP contribution in [0.5, 0.6) is 0 Å². The second-order valence-electron chi connectivity index (χ2n) is 7.88. The summed E-state index contributed by atoms with van der Waals surface area (Å²) in [5, 5.41) is 0. The standard InChI is InChI=1S/C20H23BrF4N2O3/c1-19(2,3)30-18(29)26-9-4-5-13(12-26)8-10-27(17(28)20(23,24)25)16-7-6-14(22)11-15(16)21/h6-8,11H,4-5,9-10,12H2,1-3H3. The van der Waals surface area contributed by atoms with E-state index in [0.717, 1.165) is 18.2 Å². The lowest BCUT2D eigenvalue weighted by Crippen LogP contribution is -2.42. The Balaban J connectivity index is 2.22. The zero-order valence-corrected chi connectivity index (χ0v) is 18.4. The monoisotopic (exact) mass is 494 g/mol. The summed E-state index contributed by atoms with van der Waals surface area (Å²) in [5.74, 6) is -2.71. The molecule has 1 aromatic rings. The normalized spacial score (nSPS) is 16.5. The number of halogens is 5. The molecular formula is C20H23BrF4N2O3. The Labute approximate surface area is 180 Å². The Morgan fingerprint density at radius 2 is 1.93 bits per heavy atom. The maximum Gasteiger partial charge on any atom is 0.471 e. The van der Waals surface area contributed by atoms with E-state index in [2.05, 4.69) is 15.9 Å². The summed E-state index contributed by atoms with van der Waals surface area (Å²) in [4.78, 5) is 26.2. The second-order valence-corrected chi connectivity index (χ2v) is 8.73. The van der Waals surface area contributed by atoms with Gasteiger partial charge in [-0.3, -0.25) is 9.69 Å². The number of ether oxygens (including phenoxy) is 1. The molecule has 0 aliphatic carbocycles. The van der Waals surface area contributed by atoms with Crippen molar-refractivity contribution in [3.8, 4) is 0 Å². The largest absolute Gasteiger partial charge is 0.471 e. The van der Waals surface area contributed by atoms with E-state index in [9.17, 15) is 27.2 Å². The number of hydrogen-bond donors (Lipinski definition) is 0. The first-order chi connectivity index (χ1) is 13.8. The summed E-state index contributed by atoms with van der Waals surface area (Å²) < 4.78 is 58.1. The van der Waals surface area contributed by atoms with Gasteiger partial charge in [0.05, 0.1) is 5.69 Å². The van der Waals surface area contributed by atoms with Gasteiger partial charge in [-0.2, -0.15) is 13.2 Å². The topological polar surface area (TPSA) is 49.9 Å². The lowest BCUT2D eigenvalue weighted by Gasteiger charge is -2.31. The van der Waals surface area contributed by atoms with E-state index in [4.69, 9.17) is 4.74 Å². The molecule has 0 unspecified atom stereocenters. The number of piperidine rings is 1. The zero-order chi connectivity index (χ0) is 22.7. The van der Waals surface area contributed by atoms with Gasteiger partial charge in [0.15, 0.2) is 0 Å². The highest BCUT2D eigenvalue weighted by Gasteiger charge is 2.43. The summed E-state index contributed by atoms with van der Waals surface area (Å²) in [6.45, 7) is 5.53. The number of hydrogen-bond acceptors (Lipinski definition) is 3. The molecule has 0 radical (unpaired) electrons. The predicted octanol–water partition coefficient (Wildman–Crippen LogP) is 5.44. The number of anilines is 1. The van der Waals surface area contributed by atoms with Gasteiger partial charge in [0, 0.05) is 24.1 Å². The van der Waals surface area contributed by atoms with Crippen LogP contribution in [0.25, 0.3) is 0 Å². The lowest BCUT2D eigenvalue weighted by atomic mass is 10.0. The Kier molecular flexibility index (Phi) is 7.54. The summed E-state index contributed by atoms with van der Waals surface area (Å²) >= 11 is 3.01. The maximum absolute atomic E-state index is 13.3. The third kappa shape index (κ3) is 6.72. The van der Waals surface area contributed by atoms with E-state index in [0.29, 0.717) is 29.9 Å². The van der Waals surface area contributed by atoms with E-state index in [1.54, 1.807) is 20.8 Å². The molecule has 5 nitrogen and oxygen atoms in total. The van der Waals surface area contributed by atoms with Crippen molar-refractivity contribution in [2.24, 2.45) is 0 Å². The molecule has 0 spiro atoms. The molecule has 0 N–H and O–H groups in total. The van der Waals surface area contributed by atoms with Gasteiger partial charge in [0.2, 0.25) is 0 Å². The molecule has 30 heavy (non-hydrogen) atoms. The number of nitrogens with zero attached hydrogens (tertiary/aromatic N) is 2. The highest BCUT2D eigenvalue weighted by atomic mass is 79.9. The number of rotatable bonds is 3. The van der Waals surface area contributed by atoms with Gasteiger partial charge < -0.3 is 9.64 Å². The minimum absolute atomic E-state index is 0.0255. The van der Waals surface area contributed by atoms with Crippen molar-refractivity contribution < 1.29 is 31.9 Å². The van der Waals surface area contributed by atoms with Gasteiger partial charge >= 0.3 is 18.2 Å². The van der Waals surface area contributed by atoms with Crippen LogP contribution in [0.3, 0.4) is 0 Å². The molecule has 1 aliphatic heterocycles. The molecule has 1 fully saturated rings. The van der Waals surface area contributed by atoms with Crippen LogP contribution < -0.4 is 4.90 Å². The first-order valence-electron chi connectivity index (χ1n) is 9.27.